The lowest BCUT2D eigenvalue weighted by molar-refractivity contribution is 0.349. The molecular formula is C22H25NO3. The zero-order valence-electron chi connectivity index (χ0n) is 15.6. The van der Waals surface area contributed by atoms with Crippen molar-refractivity contribution in [1.82, 2.24) is 0 Å². The average molecular weight is 351 g/mol. The van der Waals surface area contributed by atoms with Gasteiger partial charge in [0.1, 0.15) is 5.75 Å². The van der Waals surface area contributed by atoms with Crippen LogP contribution in [0.4, 0.5) is 0 Å². The third-order valence-electron chi connectivity index (χ3n) is 5.60. The summed E-state index contributed by atoms with van der Waals surface area (Å²) in [5.74, 6) is 2.88. The summed E-state index contributed by atoms with van der Waals surface area (Å²) in [6, 6.07) is 12.8. The van der Waals surface area contributed by atoms with Gasteiger partial charge in [-0.3, -0.25) is 4.99 Å². The van der Waals surface area contributed by atoms with Crippen molar-refractivity contribution in [3.05, 3.63) is 53.1 Å². The molecule has 1 fully saturated rings. The second-order valence-corrected chi connectivity index (χ2v) is 6.96. The first kappa shape index (κ1) is 17.0. The smallest absolute Gasteiger partial charge is 0.161 e. The maximum atomic E-state index is 5.57. The molecule has 0 amide bonds. The van der Waals surface area contributed by atoms with E-state index in [4.69, 9.17) is 19.2 Å². The Hall–Kier alpha value is -2.49. The van der Waals surface area contributed by atoms with E-state index in [1.54, 1.807) is 21.3 Å². The lowest BCUT2D eigenvalue weighted by Gasteiger charge is -2.35. The molecule has 2 aromatic rings. The largest absolute Gasteiger partial charge is 0.497 e. The fourth-order valence-electron chi connectivity index (χ4n) is 4.25. The van der Waals surface area contributed by atoms with Gasteiger partial charge in [0.25, 0.3) is 0 Å². The van der Waals surface area contributed by atoms with Crippen molar-refractivity contribution < 1.29 is 14.2 Å². The Morgan fingerprint density at radius 2 is 1.54 bits per heavy atom. The number of hydrogen-bond donors (Lipinski definition) is 0. The molecule has 0 aromatic heterocycles. The third kappa shape index (κ3) is 2.83. The molecule has 2 unspecified atom stereocenters. The molecule has 1 aliphatic carbocycles. The number of hydrogen-bond acceptors (Lipinski definition) is 4. The second kappa shape index (κ2) is 7.02. The van der Waals surface area contributed by atoms with E-state index in [2.05, 4.69) is 24.3 Å². The number of benzene rings is 2. The highest BCUT2D eigenvalue weighted by Crippen LogP contribution is 2.44. The summed E-state index contributed by atoms with van der Waals surface area (Å²) in [6.45, 7) is 0. The quantitative estimate of drug-likeness (QED) is 0.809. The molecule has 0 bridgehead atoms. The van der Waals surface area contributed by atoms with Crippen LogP contribution in [0.2, 0.25) is 0 Å². The molecule has 1 heterocycles. The van der Waals surface area contributed by atoms with Crippen LogP contribution in [-0.4, -0.2) is 33.1 Å². The molecule has 0 saturated heterocycles. The zero-order valence-corrected chi connectivity index (χ0v) is 15.6. The van der Waals surface area contributed by atoms with Crippen molar-refractivity contribution in [2.24, 2.45) is 4.99 Å². The molecular weight excluding hydrogens is 326 g/mol. The minimum absolute atomic E-state index is 0.353. The summed E-state index contributed by atoms with van der Waals surface area (Å²) in [4.78, 5) is 5.18. The fraction of sp³-hybridized carbons (Fsp3) is 0.409. The van der Waals surface area contributed by atoms with Gasteiger partial charge in [-0.1, -0.05) is 12.8 Å². The molecule has 2 atom stereocenters. The minimum Gasteiger partial charge on any atom is -0.497 e. The van der Waals surface area contributed by atoms with Crippen molar-refractivity contribution in [2.45, 2.75) is 37.6 Å². The van der Waals surface area contributed by atoms with E-state index in [0.717, 1.165) is 40.5 Å². The number of methoxy groups -OCH3 is 3. The number of fused-ring (bicyclic) bond motifs is 3. The standard InChI is InChI=1S/C22H25NO3/c1-24-15-10-8-14(9-11-15)22-18-13-21(26-3)20(25-2)12-17(18)16-6-4-5-7-19(16)23-22/h8-13,16,19H,4-7H2,1-3H3. The van der Waals surface area contributed by atoms with E-state index >= 15 is 0 Å². The predicted octanol–water partition coefficient (Wildman–Crippen LogP) is 4.59. The van der Waals surface area contributed by atoms with Crippen molar-refractivity contribution in [3.8, 4) is 17.2 Å². The molecule has 4 heteroatoms. The molecule has 0 spiro atoms. The fourth-order valence-corrected chi connectivity index (χ4v) is 4.25. The van der Waals surface area contributed by atoms with E-state index in [-0.39, 0.29) is 0 Å². The molecule has 2 aliphatic rings. The predicted molar refractivity (Wildman–Crippen MR) is 103 cm³/mol. The maximum Gasteiger partial charge on any atom is 0.161 e. The Balaban J connectivity index is 1.87. The van der Waals surface area contributed by atoms with Gasteiger partial charge in [0.15, 0.2) is 11.5 Å². The summed E-state index contributed by atoms with van der Waals surface area (Å²) >= 11 is 0. The van der Waals surface area contributed by atoms with Crippen LogP contribution in [0.3, 0.4) is 0 Å². The number of aliphatic imine (C=N–C) groups is 1. The molecule has 2 aromatic carbocycles. The second-order valence-electron chi connectivity index (χ2n) is 6.96. The van der Waals surface area contributed by atoms with Gasteiger partial charge in [0.2, 0.25) is 0 Å². The highest BCUT2D eigenvalue weighted by atomic mass is 16.5. The van der Waals surface area contributed by atoms with Crippen LogP contribution in [0.1, 0.15) is 48.3 Å². The van der Waals surface area contributed by atoms with Gasteiger partial charge in [-0.2, -0.15) is 0 Å². The zero-order chi connectivity index (χ0) is 18.1. The first-order chi connectivity index (χ1) is 12.7. The first-order valence-corrected chi connectivity index (χ1v) is 9.23. The first-order valence-electron chi connectivity index (χ1n) is 9.23. The third-order valence-corrected chi connectivity index (χ3v) is 5.60. The van der Waals surface area contributed by atoms with E-state index in [1.165, 1.54) is 24.8 Å². The van der Waals surface area contributed by atoms with Gasteiger partial charge in [-0.05, 0) is 54.8 Å². The SMILES string of the molecule is COc1ccc(C2=NC3CCCCC3c3cc(OC)c(OC)cc32)cc1. The number of ether oxygens (including phenoxy) is 3. The van der Waals surface area contributed by atoms with E-state index in [9.17, 15) is 0 Å². The topological polar surface area (TPSA) is 40.0 Å². The van der Waals surface area contributed by atoms with E-state index in [1.807, 2.05) is 12.1 Å². The highest BCUT2D eigenvalue weighted by Gasteiger charge is 2.34. The highest BCUT2D eigenvalue weighted by molar-refractivity contribution is 6.15. The summed E-state index contributed by atoms with van der Waals surface area (Å²) in [5.41, 5.74) is 4.67. The summed E-state index contributed by atoms with van der Waals surface area (Å²) in [7, 11) is 5.07. The van der Waals surface area contributed by atoms with Gasteiger partial charge in [-0.15, -0.1) is 0 Å². The van der Waals surface area contributed by atoms with Gasteiger partial charge in [0, 0.05) is 17.0 Å². The summed E-state index contributed by atoms with van der Waals surface area (Å²) in [5, 5.41) is 0. The van der Waals surface area contributed by atoms with Crippen LogP contribution in [0.5, 0.6) is 17.2 Å². The van der Waals surface area contributed by atoms with Crippen LogP contribution in [0.25, 0.3) is 0 Å². The molecule has 1 aliphatic heterocycles. The Bertz CT molecular complexity index is 826. The monoisotopic (exact) mass is 351 g/mol. The van der Waals surface area contributed by atoms with Gasteiger partial charge >= 0.3 is 0 Å². The summed E-state index contributed by atoms with van der Waals surface area (Å²) < 4.78 is 16.4. The van der Waals surface area contributed by atoms with Crippen LogP contribution >= 0.6 is 0 Å². The van der Waals surface area contributed by atoms with Crippen LogP contribution < -0.4 is 14.2 Å². The number of rotatable bonds is 4. The van der Waals surface area contributed by atoms with E-state index in [0.29, 0.717) is 12.0 Å². The van der Waals surface area contributed by atoms with Crippen molar-refractivity contribution in [1.29, 1.82) is 0 Å². The lowest BCUT2D eigenvalue weighted by Crippen LogP contribution is -2.29. The average Bonchev–Trinajstić information content (AvgIpc) is 2.72. The minimum atomic E-state index is 0.353. The van der Waals surface area contributed by atoms with Gasteiger partial charge in [0.05, 0.1) is 33.1 Å². The summed E-state index contributed by atoms with van der Waals surface area (Å²) in [6.07, 6.45) is 4.86. The molecule has 1 saturated carbocycles. The Morgan fingerprint density at radius 1 is 0.846 bits per heavy atom. The van der Waals surface area contributed by atoms with Crippen molar-refractivity contribution in [2.75, 3.05) is 21.3 Å². The van der Waals surface area contributed by atoms with Crippen molar-refractivity contribution in [3.63, 3.8) is 0 Å². The number of nitrogens with zero attached hydrogens (tertiary/aromatic N) is 1. The van der Waals surface area contributed by atoms with Gasteiger partial charge < -0.3 is 14.2 Å². The molecule has 4 nitrogen and oxygen atoms in total. The molecule has 136 valence electrons. The maximum absolute atomic E-state index is 5.57. The Labute approximate surface area is 154 Å². The van der Waals surface area contributed by atoms with Crippen LogP contribution in [-0.2, 0) is 0 Å². The van der Waals surface area contributed by atoms with E-state index < -0.39 is 0 Å². The van der Waals surface area contributed by atoms with Crippen LogP contribution in [0, 0.1) is 0 Å². The normalized spacial score (nSPS) is 21.3. The molecule has 0 radical (unpaired) electrons. The Morgan fingerprint density at radius 3 is 2.23 bits per heavy atom. The molecule has 26 heavy (non-hydrogen) atoms. The Kier molecular flexibility index (Phi) is 4.58. The van der Waals surface area contributed by atoms with Crippen LogP contribution in [0.15, 0.2) is 41.4 Å². The molecule has 4 rings (SSSR count). The van der Waals surface area contributed by atoms with Crippen molar-refractivity contribution >= 4 is 5.71 Å². The molecule has 0 N–H and O–H groups in total. The van der Waals surface area contributed by atoms with Gasteiger partial charge in [-0.25, -0.2) is 0 Å². The lowest BCUT2D eigenvalue weighted by atomic mass is 9.75.